The number of aliphatic hydroxyl groups is 2. The van der Waals surface area contributed by atoms with Gasteiger partial charge in [0.25, 0.3) is 0 Å². The van der Waals surface area contributed by atoms with Crippen molar-refractivity contribution < 1.29 is 24.5 Å². The molecule has 59 heavy (non-hydrogen) atoms. The Kier molecular flexibility index (Phi) is 45.6. The highest BCUT2D eigenvalue weighted by molar-refractivity contribution is 5.77. The molecule has 0 fully saturated rings. The van der Waals surface area contributed by atoms with Crippen molar-refractivity contribution in [2.24, 2.45) is 0 Å². The summed E-state index contributed by atoms with van der Waals surface area (Å²) in [5.74, 6) is -0.488. The Labute approximate surface area is 366 Å². The summed E-state index contributed by atoms with van der Waals surface area (Å²) in [6, 6.07) is -0.705. The average molecular weight is 830 g/mol. The highest BCUT2D eigenvalue weighted by atomic mass is 16.5. The molecule has 1 amide bonds. The van der Waals surface area contributed by atoms with Gasteiger partial charge in [-0.1, -0.05) is 224 Å². The molecule has 0 saturated carbocycles. The molecule has 0 heterocycles. The zero-order chi connectivity index (χ0) is 43.1. The minimum Gasteiger partial charge on any atom is -0.462 e. The Balaban J connectivity index is 4.59. The maximum Gasteiger partial charge on any atom is 0.306 e. The Morgan fingerprint density at radius 2 is 0.864 bits per heavy atom. The second kappa shape index (κ2) is 47.1. The third kappa shape index (κ3) is 42.6. The van der Waals surface area contributed by atoms with Crippen LogP contribution in [0.3, 0.4) is 0 Å². The maximum absolute atomic E-state index is 13.2. The summed E-state index contributed by atoms with van der Waals surface area (Å²) in [7, 11) is 0. The first-order valence-electron chi connectivity index (χ1n) is 25.7. The number of carbonyl (C=O) groups excluding carboxylic acids is 2. The summed E-state index contributed by atoms with van der Waals surface area (Å²) in [5, 5.41) is 23.7. The van der Waals surface area contributed by atoms with Crippen LogP contribution in [-0.2, 0) is 14.3 Å². The average Bonchev–Trinajstić information content (AvgIpc) is 3.23. The lowest BCUT2D eigenvalue weighted by Crippen LogP contribution is -2.46. The van der Waals surface area contributed by atoms with E-state index >= 15 is 0 Å². The number of unbranched alkanes of at least 4 members (excludes halogenated alkanes) is 28. The second-order valence-corrected chi connectivity index (χ2v) is 17.6. The third-order valence-electron chi connectivity index (χ3n) is 11.7. The quantitative estimate of drug-likeness (QED) is 0.0323. The number of rotatable bonds is 46. The van der Waals surface area contributed by atoms with Gasteiger partial charge in [-0.05, 0) is 64.2 Å². The smallest absolute Gasteiger partial charge is 0.306 e. The number of allylic oxidation sites excluding steroid dienone is 6. The van der Waals surface area contributed by atoms with Crippen LogP contribution in [0.15, 0.2) is 36.5 Å². The first-order valence-corrected chi connectivity index (χ1v) is 25.7. The van der Waals surface area contributed by atoms with Gasteiger partial charge in [-0.15, -0.1) is 0 Å². The van der Waals surface area contributed by atoms with Gasteiger partial charge in [0.15, 0.2) is 0 Å². The van der Waals surface area contributed by atoms with Crippen LogP contribution in [0.25, 0.3) is 0 Å². The molecule has 3 N–H and O–H groups in total. The largest absolute Gasteiger partial charge is 0.462 e. The van der Waals surface area contributed by atoms with E-state index in [0.29, 0.717) is 19.3 Å². The van der Waals surface area contributed by atoms with Gasteiger partial charge in [0.2, 0.25) is 5.91 Å². The lowest BCUT2D eigenvalue weighted by Gasteiger charge is -2.24. The van der Waals surface area contributed by atoms with E-state index in [1.165, 1.54) is 135 Å². The lowest BCUT2D eigenvalue weighted by molar-refractivity contribution is -0.151. The first kappa shape index (κ1) is 57.1. The van der Waals surface area contributed by atoms with Crippen LogP contribution in [0.2, 0.25) is 0 Å². The zero-order valence-electron chi connectivity index (χ0n) is 39.4. The van der Waals surface area contributed by atoms with Crippen LogP contribution in [0, 0.1) is 0 Å². The number of hydrogen-bond donors (Lipinski definition) is 3. The topological polar surface area (TPSA) is 95.9 Å². The number of hydrogen-bond acceptors (Lipinski definition) is 5. The highest BCUT2D eigenvalue weighted by Crippen LogP contribution is 2.18. The van der Waals surface area contributed by atoms with Gasteiger partial charge in [0.05, 0.1) is 25.2 Å². The van der Waals surface area contributed by atoms with E-state index in [0.717, 1.165) is 83.5 Å². The van der Waals surface area contributed by atoms with Crippen molar-refractivity contribution in [2.45, 2.75) is 283 Å². The van der Waals surface area contributed by atoms with Crippen LogP contribution in [0.1, 0.15) is 265 Å². The van der Waals surface area contributed by atoms with Gasteiger partial charge in [-0.3, -0.25) is 9.59 Å². The van der Waals surface area contributed by atoms with Crippen molar-refractivity contribution in [3.05, 3.63) is 36.5 Å². The molecule has 0 aliphatic carbocycles. The molecule has 0 saturated heterocycles. The first-order chi connectivity index (χ1) is 29.0. The van der Waals surface area contributed by atoms with Crippen molar-refractivity contribution >= 4 is 11.9 Å². The predicted octanol–water partition coefficient (Wildman–Crippen LogP) is 15.3. The van der Waals surface area contributed by atoms with Gasteiger partial charge in [-0.2, -0.15) is 0 Å². The molecule has 3 atom stereocenters. The monoisotopic (exact) mass is 830 g/mol. The van der Waals surface area contributed by atoms with Crippen molar-refractivity contribution in [1.29, 1.82) is 0 Å². The highest BCUT2D eigenvalue weighted by Gasteiger charge is 2.24. The molecule has 3 unspecified atom stereocenters. The number of aliphatic hydroxyl groups excluding tert-OH is 2. The SMILES string of the molecule is CCCCC/C=C\C/C=C\C/C=C\CCCCCCC(CC(=O)NC(CO)C(O)CCCCCCCCCCCCCCC)OC(=O)CCCCCCCCCCCC. The van der Waals surface area contributed by atoms with Crippen LogP contribution in [-0.4, -0.2) is 46.9 Å². The van der Waals surface area contributed by atoms with E-state index in [4.69, 9.17) is 4.74 Å². The van der Waals surface area contributed by atoms with Crippen molar-refractivity contribution in [1.82, 2.24) is 5.32 Å². The molecule has 0 aliphatic rings. The van der Waals surface area contributed by atoms with E-state index in [-0.39, 0.29) is 24.9 Å². The molecule has 0 aromatic heterocycles. The number of nitrogens with one attached hydrogen (secondary N) is 1. The Morgan fingerprint density at radius 3 is 1.34 bits per heavy atom. The van der Waals surface area contributed by atoms with E-state index in [1.54, 1.807) is 0 Å². The van der Waals surface area contributed by atoms with Gasteiger partial charge in [0, 0.05) is 6.42 Å². The van der Waals surface area contributed by atoms with Crippen LogP contribution >= 0.6 is 0 Å². The number of ether oxygens (including phenoxy) is 1. The van der Waals surface area contributed by atoms with Crippen molar-refractivity contribution in [3.63, 3.8) is 0 Å². The van der Waals surface area contributed by atoms with Crippen molar-refractivity contribution in [3.8, 4) is 0 Å². The molecule has 0 rings (SSSR count). The summed E-state index contributed by atoms with van der Waals surface area (Å²) in [6.07, 6.45) is 54.8. The van der Waals surface area contributed by atoms with Gasteiger partial charge >= 0.3 is 5.97 Å². The minimum atomic E-state index is -0.790. The van der Waals surface area contributed by atoms with E-state index in [2.05, 4.69) is 62.5 Å². The molecule has 0 spiro atoms. The maximum atomic E-state index is 13.2. The van der Waals surface area contributed by atoms with Gasteiger partial charge in [0.1, 0.15) is 6.10 Å². The molecule has 0 bridgehead atoms. The van der Waals surface area contributed by atoms with E-state index in [9.17, 15) is 19.8 Å². The third-order valence-corrected chi connectivity index (χ3v) is 11.7. The molecule has 0 radical (unpaired) electrons. The second-order valence-electron chi connectivity index (χ2n) is 17.6. The molecule has 0 aromatic carbocycles. The zero-order valence-corrected chi connectivity index (χ0v) is 39.4. The fourth-order valence-electron chi connectivity index (χ4n) is 7.79. The summed E-state index contributed by atoms with van der Waals surface area (Å²) in [6.45, 7) is 6.45. The molecule has 6 heteroatoms. The molecular weight excluding hydrogens is 731 g/mol. The molecule has 346 valence electrons. The Bertz CT molecular complexity index is 977. The standard InChI is InChI=1S/C53H99NO5/c1-4-7-10-13-16-19-22-24-25-26-27-29-30-32-35-38-41-44-49(59-53(58)46-43-40-37-34-21-18-15-12-9-6-3)47-52(57)54-50(48-55)51(56)45-42-39-36-33-31-28-23-20-17-14-11-8-5-2/h16,19,24-25,27,29,49-51,55-56H,4-15,17-18,20-23,26,28,30-48H2,1-3H3,(H,54,57)/b19-16-,25-24-,29-27-. The van der Waals surface area contributed by atoms with Gasteiger partial charge in [-0.25, -0.2) is 0 Å². The minimum absolute atomic E-state index is 0.0661. The number of esters is 1. The van der Waals surface area contributed by atoms with E-state index in [1.807, 2.05) is 0 Å². The molecule has 0 aromatic rings. The Morgan fingerprint density at radius 1 is 0.492 bits per heavy atom. The van der Waals surface area contributed by atoms with Crippen molar-refractivity contribution in [2.75, 3.05) is 6.61 Å². The summed E-state index contributed by atoms with van der Waals surface area (Å²) < 4.78 is 5.91. The summed E-state index contributed by atoms with van der Waals surface area (Å²) in [4.78, 5) is 26.1. The number of carbonyl (C=O) groups is 2. The summed E-state index contributed by atoms with van der Waals surface area (Å²) in [5.41, 5.74) is 0. The predicted molar refractivity (Wildman–Crippen MR) is 255 cm³/mol. The Hall–Kier alpha value is -1.92. The number of amides is 1. The van der Waals surface area contributed by atoms with Crippen LogP contribution in [0.4, 0.5) is 0 Å². The molecule has 0 aliphatic heterocycles. The van der Waals surface area contributed by atoms with Crippen LogP contribution in [0.5, 0.6) is 0 Å². The van der Waals surface area contributed by atoms with Crippen LogP contribution < -0.4 is 5.32 Å². The normalized spacial score (nSPS) is 13.5. The fourth-order valence-corrected chi connectivity index (χ4v) is 7.79. The van der Waals surface area contributed by atoms with E-state index < -0.39 is 18.2 Å². The fraction of sp³-hybridized carbons (Fsp3) is 0.849. The molecule has 6 nitrogen and oxygen atoms in total. The summed E-state index contributed by atoms with van der Waals surface area (Å²) >= 11 is 0. The van der Waals surface area contributed by atoms with Gasteiger partial charge < -0.3 is 20.3 Å². The lowest BCUT2D eigenvalue weighted by atomic mass is 10.0. The molecular formula is C53H99NO5.